The van der Waals surface area contributed by atoms with Gasteiger partial charge in [0.15, 0.2) is 6.29 Å². The molecule has 0 amide bonds. The maximum Gasteiger partial charge on any atom is 0.166 e. The molecule has 0 bridgehead atoms. The molecule has 21 heavy (non-hydrogen) atoms. The van der Waals surface area contributed by atoms with Crippen molar-refractivity contribution >= 4 is 12.6 Å². The monoisotopic (exact) mass is 280 g/mol. The largest absolute Gasteiger partial charge is 0.378 e. The summed E-state index contributed by atoms with van der Waals surface area (Å²) in [5, 5.41) is 3.25. The molecule has 3 rings (SSSR count). The number of benzene rings is 1. The summed E-state index contributed by atoms with van der Waals surface area (Å²) in [7, 11) is 0. The molecule has 2 N–H and O–H groups in total. The van der Waals surface area contributed by atoms with Crippen molar-refractivity contribution in [3.8, 4) is 0 Å². The molecule has 1 aromatic heterocycles. The van der Waals surface area contributed by atoms with Gasteiger partial charge in [0, 0.05) is 11.4 Å². The van der Waals surface area contributed by atoms with E-state index < -0.39 is 0 Å². The maximum absolute atomic E-state index is 10.9. The fourth-order valence-electron chi connectivity index (χ4n) is 2.72. The van der Waals surface area contributed by atoms with E-state index in [0.717, 1.165) is 29.5 Å². The van der Waals surface area contributed by atoms with Crippen LogP contribution in [-0.2, 0) is 4.79 Å². The van der Waals surface area contributed by atoms with Crippen LogP contribution in [0.4, 0.5) is 0 Å². The Balaban J connectivity index is 1.99. The molecule has 0 saturated heterocycles. The van der Waals surface area contributed by atoms with Crippen LogP contribution in [-0.4, -0.2) is 23.6 Å². The lowest BCUT2D eigenvalue weighted by Crippen LogP contribution is -2.26. The summed E-state index contributed by atoms with van der Waals surface area (Å²) in [5.41, 5.74) is 3.60. The summed E-state index contributed by atoms with van der Waals surface area (Å²) in [4.78, 5) is 25.0. The number of aromatic amines is 1. The van der Waals surface area contributed by atoms with Gasteiger partial charge in [-0.05, 0) is 24.1 Å². The first kappa shape index (κ1) is 13.4. The minimum absolute atomic E-state index is 0.0233. The highest BCUT2D eigenvalue weighted by Crippen LogP contribution is 2.32. The van der Waals surface area contributed by atoms with Crippen molar-refractivity contribution in [1.82, 2.24) is 10.3 Å². The van der Waals surface area contributed by atoms with Crippen LogP contribution in [0.5, 0.6) is 0 Å². The van der Waals surface area contributed by atoms with Crippen LogP contribution in [0, 0.1) is 0 Å². The number of carbonyl (C=O) groups is 2. The fraction of sp³-hybridized carbons (Fsp3) is 0.176. The summed E-state index contributed by atoms with van der Waals surface area (Å²) >= 11 is 0. The second-order valence-corrected chi connectivity index (χ2v) is 5.11. The molecule has 0 fully saturated rings. The van der Waals surface area contributed by atoms with E-state index in [1.54, 1.807) is 6.07 Å². The second kappa shape index (κ2) is 5.79. The van der Waals surface area contributed by atoms with E-state index in [9.17, 15) is 9.59 Å². The van der Waals surface area contributed by atoms with Gasteiger partial charge in [-0.25, -0.2) is 0 Å². The molecule has 0 aliphatic carbocycles. The average Bonchev–Trinajstić information content (AvgIpc) is 3.18. The number of hydrogen-bond acceptors (Lipinski definition) is 3. The molecular weight excluding hydrogens is 264 g/mol. The first-order valence-electron chi connectivity index (χ1n) is 6.92. The topological polar surface area (TPSA) is 62.0 Å². The van der Waals surface area contributed by atoms with E-state index in [-0.39, 0.29) is 12.0 Å². The number of aldehydes is 2. The zero-order valence-corrected chi connectivity index (χ0v) is 11.5. The van der Waals surface area contributed by atoms with Crippen molar-refractivity contribution < 1.29 is 9.59 Å². The van der Waals surface area contributed by atoms with E-state index in [0.29, 0.717) is 12.1 Å². The van der Waals surface area contributed by atoms with Crippen molar-refractivity contribution in [2.24, 2.45) is 0 Å². The predicted molar refractivity (Wildman–Crippen MR) is 80.2 cm³/mol. The standard InChI is InChI=1S/C17H16N2O2/c20-10-13-6-8-15(18-13)17(12-4-2-1-3-5-12)16-9-7-14(11-21)19-16/h1-6,8-11,14,17-19H,7H2. The Labute approximate surface area is 122 Å². The van der Waals surface area contributed by atoms with Crippen molar-refractivity contribution in [2.75, 3.05) is 0 Å². The lowest BCUT2D eigenvalue weighted by molar-refractivity contribution is -0.109. The van der Waals surface area contributed by atoms with Crippen molar-refractivity contribution in [3.63, 3.8) is 0 Å². The van der Waals surface area contributed by atoms with Gasteiger partial charge < -0.3 is 15.1 Å². The van der Waals surface area contributed by atoms with E-state index in [1.807, 2.05) is 36.4 Å². The molecule has 1 aromatic carbocycles. The summed E-state index contributed by atoms with van der Waals surface area (Å²) in [6.45, 7) is 0. The Morgan fingerprint density at radius 2 is 1.90 bits per heavy atom. The van der Waals surface area contributed by atoms with Gasteiger partial charge in [-0.15, -0.1) is 0 Å². The van der Waals surface area contributed by atoms with Crippen LogP contribution >= 0.6 is 0 Å². The predicted octanol–water partition coefficient (Wildman–Crippen LogP) is 2.40. The number of allylic oxidation sites excluding steroid dienone is 1. The molecule has 2 aromatic rings. The number of rotatable bonds is 5. The van der Waals surface area contributed by atoms with E-state index >= 15 is 0 Å². The van der Waals surface area contributed by atoms with Crippen LogP contribution in [0.1, 0.15) is 34.1 Å². The number of H-pyrrole nitrogens is 1. The summed E-state index contributed by atoms with van der Waals surface area (Å²) in [6.07, 6.45) is 4.48. The fourth-order valence-corrected chi connectivity index (χ4v) is 2.72. The molecule has 0 radical (unpaired) electrons. The van der Waals surface area contributed by atoms with Crippen LogP contribution in [0.3, 0.4) is 0 Å². The molecule has 1 aliphatic rings. The third-order valence-electron chi connectivity index (χ3n) is 3.72. The van der Waals surface area contributed by atoms with Gasteiger partial charge in [0.05, 0.1) is 17.7 Å². The van der Waals surface area contributed by atoms with Gasteiger partial charge in [-0.2, -0.15) is 0 Å². The zero-order chi connectivity index (χ0) is 14.7. The first-order valence-corrected chi connectivity index (χ1v) is 6.92. The van der Waals surface area contributed by atoms with Crippen LogP contribution in [0.25, 0.3) is 0 Å². The number of carbonyl (C=O) groups excluding carboxylic acids is 2. The molecule has 0 saturated carbocycles. The van der Waals surface area contributed by atoms with Crippen LogP contribution in [0.2, 0.25) is 0 Å². The third kappa shape index (κ3) is 2.65. The Morgan fingerprint density at radius 1 is 1.10 bits per heavy atom. The average molecular weight is 280 g/mol. The molecule has 2 heterocycles. The Bertz CT molecular complexity index is 673. The van der Waals surface area contributed by atoms with Gasteiger partial charge in [-0.3, -0.25) is 4.79 Å². The zero-order valence-electron chi connectivity index (χ0n) is 11.5. The van der Waals surface area contributed by atoms with Crippen LogP contribution < -0.4 is 5.32 Å². The summed E-state index contributed by atoms with van der Waals surface area (Å²) in [6, 6.07) is 13.6. The summed E-state index contributed by atoms with van der Waals surface area (Å²) in [5.74, 6) is -0.0233. The van der Waals surface area contributed by atoms with E-state index in [2.05, 4.69) is 16.4 Å². The van der Waals surface area contributed by atoms with Crippen molar-refractivity contribution in [3.05, 3.63) is 71.2 Å². The lowest BCUT2D eigenvalue weighted by Gasteiger charge is -2.20. The first-order chi connectivity index (χ1) is 10.3. The highest BCUT2D eigenvalue weighted by Gasteiger charge is 2.25. The highest BCUT2D eigenvalue weighted by molar-refractivity contribution is 5.72. The Hall–Kier alpha value is -2.62. The van der Waals surface area contributed by atoms with Gasteiger partial charge in [0.1, 0.15) is 6.29 Å². The molecule has 1 aliphatic heterocycles. The van der Waals surface area contributed by atoms with Crippen molar-refractivity contribution in [1.29, 1.82) is 0 Å². The molecule has 0 spiro atoms. The molecule has 4 nitrogen and oxygen atoms in total. The van der Waals surface area contributed by atoms with Gasteiger partial charge >= 0.3 is 0 Å². The third-order valence-corrected chi connectivity index (χ3v) is 3.72. The van der Waals surface area contributed by atoms with E-state index in [4.69, 9.17) is 0 Å². The maximum atomic E-state index is 10.9. The minimum Gasteiger partial charge on any atom is -0.378 e. The second-order valence-electron chi connectivity index (χ2n) is 5.11. The number of nitrogens with one attached hydrogen (secondary N) is 2. The Kier molecular flexibility index (Phi) is 3.69. The van der Waals surface area contributed by atoms with E-state index in [1.165, 1.54) is 0 Å². The molecular formula is C17H16N2O2. The van der Waals surface area contributed by atoms with Gasteiger partial charge in [0.2, 0.25) is 0 Å². The lowest BCUT2D eigenvalue weighted by atomic mass is 9.92. The van der Waals surface area contributed by atoms with Gasteiger partial charge in [-0.1, -0.05) is 36.4 Å². The number of hydrogen-bond donors (Lipinski definition) is 2. The molecule has 2 atom stereocenters. The molecule has 2 unspecified atom stereocenters. The Morgan fingerprint density at radius 3 is 2.52 bits per heavy atom. The van der Waals surface area contributed by atoms with Crippen molar-refractivity contribution in [2.45, 2.75) is 18.4 Å². The van der Waals surface area contributed by atoms with Gasteiger partial charge in [0.25, 0.3) is 0 Å². The SMILES string of the molecule is O=Cc1ccc(C(C2=CCC(C=O)N2)c2ccccc2)[nH]1. The molecule has 4 heteroatoms. The minimum atomic E-state index is -0.160. The molecule has 106 valence electrons. The quantitative estimate of drug-likeness (QED) is 0.827. The summed E-state index contributed by atoms with van der Waals surface area (Å²) < 4.78 is 0. The van der Waals surface area contributed by atoms with Crippen LogP contribution in [0.15, 0.2) is 54.2 Å². The number of aromatic nitrogens is 1. The smallest absolute Gasteiger partial charge is 0.166 e. The highest BCUT2D eigenvalue weighted by atomic mass is 16.1. The normalized spacial score (nSPS) is 18.7.